The van der Waals surface area contributed by atoms with Crippen LogP contribution in [0.3, 0.4) is 0 Å². The molecule has 1 N–H and O–H groups in total. The van der Waals surface area contributed by atoms with Gasteiger partial charge in [0.05, 0.1) is 33.4 Å². The van der Waals surface area contributed by atoms with Crippen molar-refractivity contribution in [3.05, 3.63) is 23.8 Å². The fourth-order valence-corrected chi connectivity index (χ4v) is 3.77. The predicted molar refractivity (Wildman–Crippen MR) is 108 cm³/mol. The molecule has 1 atom stereocenters. The SMILES string of the molecule is COc1ccc(CCN2CC(C(=O)NCCN3CCOCC3)CC2=O)cc1OC. The minimum absolute atomic E-state index is 0.0276. The van der Waals surface area contributed by atoms with Gasteiger partial charge in [0.1, 0.15) is 0 Å². The van der Waals surface area contributed by atoms with Crippen LogP contribution in [0.2, 0.25) is 0 Å². The van der Waals surface area contributed by atoms with Crippen LogP contribution in [0.1, 0.15) is 12.0 Å². The van der Waals surface area contributed by atoms with Crippen LogP contribution in [0.5, 0.6) is 11.5 Å². The molecule has 1 aromatic rings. The number of nitrogens with zero attached hydrogens (tertiary/aromatic N) is 2. The van der Waals surface area contributed by atoms with Crippen molar-refractivity contribution >= 4 is 11.8 Å². The predicted octanol–water partition coefficient (Wildman–Crippen LogP) is 0.543. The molecule has 1 aromatic carbocycles. The number of likely N-dealkylation sites (tertiary alicyclic amines) is 1. The second-order valence-electron chi connectivity index (χ2n) is 7.43. The van der Waals surface area contributed by atoms with Crippen LogP contribution in [0.15, 0.2) is 18.2 Å². The number of ether oxygens (including phenoxy) is 3. The Labute approximate surface area is 172 Å². The molecule has 160 valence electrons. The number of methoxy groups -OCH3 is 2. The first-order valence-corrected chi connectivity index (χ1v) is 10.2. The average Bonchev–Trinajstić information content (AvgIpc) is 3.13. The third-order valence-electron chi connectivity index (χ3n) is 5.53. The van der Waals surface area contributed by atoms with E-state index in [2.05, 4.69) is 10.2 Å². The Morgan fingerprint density at radius 3 is 2.66 bits per heavy atom. The van der Waals surface area contributed by atoms with Gasteiger partial charge in [0.2, 0.25) is 11.8 Å². The van der Waals surface area contributed by atoms with Gasteiger partial charge < -0.3 is 24.4 Å². The molecule has 29 heavy (non-hydrogen) atoms. The zero-order valence-electron chi connectivity index (χ0n) is 17.3. The second-order valence-corrected chi connectivity index (χ2v) is 7.43. The van der Waals surface area contributed by atoms with Gasteiger partial charge in [0, 0.05) is 45.7 Å². The standard InChI is InChI=1S/C21H31N3O5/c1-27-18-4-3-16(13-19(18)28-2)5-7-24-15-17(14-20(24)25)21(26)22-6-8-23-9-11-29-12-10-23/h3-4,13,17H,5-12,14-15H2,1-2H3,(H,22,26). The van der Waals surface area contributed by atoms with Crippen molar-refractivity contribution < 1.29 is 23.8 Å². The molecule has 8 heteroatoms. The third kappa shape index (κ3) is 5.83. The summed E-state index contributed by atoms with van der Waals surface area (Å²) < 4.78 is 15.9. The lowest BCUT2D eigenvalue weighted by atomic mass is 10.1. The molecule has 0 radical (unpaired) electrons. The van der Waals surface area contributed by atoms with E-state index in [1.165, 1.54) is 0 Å². The second kappa shape index (κ2) is 10.5. The molecule has 8 nitrogen and oxygen atoms in total. The molecule has 2 fully saturated rings. The summed E-state index contributed by atoms with van der Waals surface area (Å²) in [4.78, 5) is 28.8. The van der Waals surface area contributed by atoms with E-state index in [1.807, 2.05) is 18.2 Å². The van der Waals surface area contributed by atoms with Crippen LogP contribution in [0.25, 0.3) is 0 Å². The molecule has 1 unspecified atom stereocenters. The van der Waals surface area contributed by atoms with Crippen molar-refractivity contribution in [3.63, 3.8) is 0 Å². The van der Waals surface area contributed by atoms with E-state index < -0.39 is 0 Å². The molecule has 2 heterocycles. The summed E-state index contributed by atoms with van der Waals surface area (Å²) in [7, 11) is 3.21. The summed E-state index contributed by atoms with van der Waals surface area (Å²) in [5, 5.41) is 2.98. The van der Waals surface area contributed by atoms with E-state index >= 15 is 0 Å². The van der Waals surface area contributed by atoms with E-state index in [-0.39, 0.29) is 24.2 Å². The lowest BCUT2D eigenvalue weighted by Gasteiger charge is -2.26. The summed E-state index contributed by atoms with van der Waals surface area (Å²) >= 11 is 0. The van der Waals surface area contributed by atoms with E-state index in [0.717, 1.165) is 38.4 Å². The Morgan fingerprint density at radius 2 is 1.93 bits per heavy atom. The van der Waals surface area contributed by atoms with Gasteiger partial charge in [-0.2, -0.15) is 0 Å². The van der Waals surface area contributed by atoms with E-state index in [9.17, 15) is 9.59 Å². The van der Waals surface area contributed by atoms with Gasteiger partial charge in [0.15, 0.2) is 11.5 Å². The summed E-state index contributed by atoms with van der Waals surface area (Å²) in [5.41, 5.74) is 1.06. The van der Waals surface area contributed by atoms with E-state index in [0.29, 0.717) is 37.6 Å². The van der Waals surface area contributed by atoms with Gasteiger partial charge in [-0.15, -0.1) is 0 Å². The number of hydrogen-bond donors (Lipinski definition) is 1. The molecule has 2 saturated heterocycles. The Morgan fingerprint density at radius 1 is 1.17 bits per heavy atom. The van der Waals surface area contributed by atoms with Crippen LogP contribution in [-0.4, -0.2) is 88.3 Å². The lowest BCUT2D eigenvalue weighted by Crippen LogP contribution is -2.42. The van der Waals surface area contributed by atoms with Crippen molar-refractivity contribution in [2.24, 2.45) is 5.92 Å². The molecule has 0 bridgehead atoms. The first-order valence-electron chi connectivity index (χ1n) is 10.2. The number of benzene rings is 1. The quantitative estimate of drug-likeness (QED) is 0.646. The van der Waals surface area contributed by atoms with E-state index in [1.54, 1.807) is 19.1 Å². The molecule has 0 aromatic heterocycles. The number of hydrogen-bond acceptors (Lipinski definition) is 6. The maximum absolute atomic E-state index is 12.4. The topological polar surface area (TPSA) is 80.3 Å². The van der Waals surface area contributed by atoms with Crippen molar-refractivity contribution in [3.8, 4) is 11.5 Å². The zero-order valence-corrected chi connectivity index (χ0v) is 17.3. The van der Waals surface area contributed by atoms with Crippen LogP contribution >= 0.6 is 0 Å². The molecule has 0 spiro atoms. The number of amides is 2. The van der Waals surface area contributed by atoms with Gasteiger partial charge in [-0.1, -0.05) is 6.07 Å². The van der Waals surface area contributed by atoms with Gasteiger partial charge in [0.25, 0.3) is 0 Å². The first kappa shape index (κ1) is 21.4. The van der Waals surface area contributed by atoms with Gasteiger partial charge in [-0.05, 0) is 24.1 Å². The number of carbonyl (C=O) groups excluding carboxylic acids is 2. The highest BCUT2D eigenvalue weighted by Crippen LogP contribution is 2.28. The number of carbonyl (C=O) groups is 2. The highest BCUT2D eigenvalue weighted by atomic mass is 16.5. The van der Waals surface area contributed by atoms with Crippen molar-refractivity contribution in [1.29, 1.82) is 0 Å². The number of nitrogens with one attached hydrogen (secondary N) is 1. The number of rotatable bonds is 9. The Kier molecular flexibility index (Phi) is 7.71. The largest absolute Gasteiger partial charge is 0.493 e. The van der Waals surface area contributed by atoms with Crippen molar-refractivity contribution in [2.75, 3.05) is 66.7 Å². The maximum atomic E-state index is 12.4. The molecule has 0 saturated carbocycles. The van der Waals surface area contributed by atoms with Crippen LogP contribution in [0, 0.1) is 5.92 Å². The normalized spacial score (nSPS) is 20.0. The minimum atomic E-state index is -0.266. The molecule has 0 aliphatic carbocycles. The Balaban J connectivity index is 1.43. The number of morpholine rings is 1. The molecule has 2 amide bonds. The van der Waals surface area contributed by atoms with E-state index in [4.69, 9.17) is 14.2 Å². The maximum Gasteiger partial charge on any atom is 0.225 e. The summed E-state index contributed by atoms with van der Waals surface area (Å²) in [6.45, 7) is 5.80. The summed E-state index contributed by atoms with van der Waals surface area (Å²) in [6.07, 6.45) is 0.993. The monoisotopic (exact) mass is 405 g/mol. The molecular formula is C21H31N3O5. The van der Waals surface area contributed by atoms with Gasteiger partial charge in [-0.3, -0.25) is 14.5 Å². The first-order chi connectivity index (χ1) is 14.1. The fraction of sp³-hybridized carbons (Fsp3) is 0.619. The van der Waals surface area contributed by atoms with Crippen molar-refractivity contribution in [2.45, 2.75) is 12.8 Å². The van der Waals surface area contributed by atoms with Crippen molar-refractivity contribution in [1.82, 2.24) is 15.1 Å². The molecule has 2 aliphatic rings. The molecule has 3 rings (SSSR count). The molecule has 2 aliphatic heterocycles. The fourth-order valence-electron chi connectivity index (χ4n) is 3.77. The minimum Gasteiger partial charge on any atom is -0.493 e. The van der Waals surface area contributed by atoms with Crippen LogP contribution < -0.4 is 14.8 Å². The highest BCUT2D eigenvalue weighted by Gasteiger charge is 2.33. The van der Waals surface area contributed by atoms with Gasteiger partial charge >= 0.3 is 0 Å². The zero-order chi connectivity index (χ0) is 20.6. The van der Waals surface area contributed by atoms with Gasteiger partial charge in [-0.25, -0.2) is 0 Å². The van der Waals surface area contributed by atoms with Crippen LogP contribution in [-0.2, 0) is 20.7 Å². The van der Waals surface area contributed by atoms with Crippen LogP contribution in [0.4, 0.5) is 0 Å². The smallest absolute Gasteiger partial charge is 0.225 e. The third-order valence-corrected chi connectivity index (χ3v) is 5.53. The average molecular weight is 405 g/mol. The molecular weight excluding hydrogens is 374 g/mol. The lowest BCUT2D eigenvalue weighted by molar-refractivity contribution is -0.129. The Hall–Kier alpha value is -2.32. The summed E-state index contributed by atoms with van der Waals surface area (Å²) in [6, 6.07) is 5.76. The highest BCUT2D eigenvalue weighted by molar-refractivity contribution is 5.89. The summed E-state index contributed by atoms with van der Waals surface area (Å²) in [5.74, 6) is 1.11. The Bertz CT molecular complexity index is 706.